The number of fused-ring (bicyclic) bond motifs is 1. The Balaban J connectivity index is 1.32. The lowest BCUT2D eigenvalue weighted by molar-refractivity contribution is 0.116. The lowest BCUT2D eigenvalue weighted by Gasteiger charge is -2.43. The van der Waals surface area contributed by atoms with Crippen LogP contribution in [0, 0.1) is 23.7 Å². The fourth-order valence-electron chi connectivity index (χ4n) is 6.02. The number of alkyl halides is 1. The molecular formula is C19H31ClN2S. The third kappa shape index (κ3) is 3.51. The Labute approximate surface area is 151 Å². The molecule has 4 atom stereocenters. The van der Waals surface area contributed by atoms with E-state index in [-0.39, 0.29) is 0 Å². The van der Waals surface area contributed by atoms with Crippen molar-refractivity contribution in [3.63, 3.8) is 0 Å². The highest BCUT2D eigenvalue weighted by molar-refractivity contribution is 7.80. The first-order chi connectivity index (χ1) is 11.2. The summed E-state index contributed by atoms with van der Waals surface area (Å²) in [6, 6.07) is 0.999. The van der Waals surface area contributed by atoms with Crippen molar-refractivity contribution < 1.29 is 0 Å². The third-order valence-electron chi connectivity index (χ3n) is 7.33. The van der Waals surface area contributed by atoms with Crippen molar-refractivity contribution in [1.29, 1.82) is 0 Å². The summed E-state index contributed by atoms with van der Waals surface area (Å²) in [5.41, 5.74) is 0. The fraction of sp³-hybridized carbons (Fsp3) is 0.947. The third-order valence-corrected chi connectivity index (χ3v) is 8.06. The minimum absolute atomic E-state index is 0.336. The number of halogens is 1. The summed E-state index contributed by atoms with van der Waals surface area (Å²) in [5.74, 6) is 3.62. The second-order valence-corrected chi connectivity index (χ2v) is 9.52. The molecule has 0 aromatic heterocycles. The largest absolute Gasteiger partial charge is 0.358 e. The Bertz CT molecular complexity index is 429. The van der Waals surface area contributed by atoms with Gasteiger partial charge in [0.15, 0.2) is 5.11 Å². The van der Waals surface area contributed by atoms with Crippen LogP contribution in [0.1, 0.15) is 70.6 Å². The summed E-state index contributed by atoms with van der Waals surface area (Å²) in [6.45, 7) is 0. The molecule has 4 aliphatic rings. The molecule has 0 spiro atoms. The van der Waals surface area contributed by atoms with Crippen LogP contribution in [0.3, 0.4) is 0 Å². The van der Waals surface area contributed by atoms with Gasteiger partial charge in [0.2, 0.25) is 0 Å². The molecule has 3 saturated carbocycles. The van der Waals surface area contributed by atoms with E-state index in [9.17, 15) is 0 Å². The first-order valence-electron chi connectivity index (χ1n) is 9.92. The van der Waals surface area contributed by atoms with Gasteiger partial charge in [-0.15, -0.1) is 11.6 Å². The minimum Gasteiger partial charge on any atom is -0.358 e. The molecule has 1 saturated heterocycles. The topological polar surface area (TPSA) is 24.1 Å². The van der Waals surface area contributed by atoms with E-state index in [1.807, 2.05) is 0 Å². The summed E-state index contributed by atoms with van der Waals surface area (Å²) < 4.78 is 0. The SMILES string of the molecule is S=C1NC2CC(Cl)C(C3CCC(C4CCCCC4)CC3)CC2N1. The molecule has 23 heavy (non-hydrogen) atoms. The summed E-state index contributed by atoms with van der Waals surface area (Å²) in [4.78, 5) is 0. The number of hydrogen-bond donors (Lipinski definition) is 2. The number of nitrogens with one attached hydrogen (secondary N) is 2. The Morgan fingerprint density at radius 3 is 2.00 bits per heavy atom. The van der Waals surface area contributed by atoms with Gasteiger partial charge in [0.25, 0.3) is 0 Å². The smallest absolute Gasteiger partial charge is 0.166 e. The summed E-state index contributed by atoms with van der Waals surface area (Å²) in [5, 5.41) is 8.04. The van der Waals surface area contributed by atoms with Gasteiger partial charge in [-0.2, -0.15) is 0 Å². The molecule has 2 N–H and O–H groups in total. The number of hydrogen-bond acceptors (Lipinski definition) is 1. The average Bonchev–Trinajstić information content (AvgIpc) is 2.94. The molecule has 2 nitrogen and oxygen atoms in total. The normalized spacial score (nSPS) is 45.2. The monoisotopic (exact) mass is 354 g/mol. The van der Waals surface area contributed by atoms with E-state index in [1.54, 1.807) is 0 Å². The standard InChI is InChI=1S/C19H31ClN2S/c20-16-11-18-17(21-19(23)22-18)10-15(16)14-8-6-13(7-9-14)12-4-2-1-3-5-12/h12-18H,1-11H2,(H2,21,22,23). The Hall–Kier alpha value is -0.0200. The highest BCUT2D eigenvalue weighted by Gasteiger charge is 2.44. The van der Waals surface area contributed by atoms with Crippen molar-refractivity contribution in [2.24, 2.45) is 23.7 Å². The summed E-state index contributed by atoms with van der Waals surface area (Å²) in [7, 11) is 0. The van der Waals surface area contributed by atoms with Crippen LogP contribution in [0.15, 0.2) is 0 Å². The highest BCUT2D eigenvalue weighted by atomic mass is 35.5. The van der Waals surface area contributed by atoms with E-state index < -0.39 is 0 Å². The zero-order valence-corrected chi connectivity index (χ0v) is 15.7. The maximum Gasteiger partial charge on any atom is 0.166 e. The van der Waals surface area contributed by atoms with E-state index in [1.165, 1.54) is 64.2 Å². The van der Waals surface area contributed by atoms with E-state index in [0.717, 1.165) is 29.3 Å². The molecule has 0 amide bonds. The second kappa shape index (κ2) is 7.07. The summed E-state index contributed by atoms with van der Waals surface area (Å²) >= 11 is 12.1. The molecule has 130 valence electrons. The molecule has 0 aromatic carbocycles. The second-order valence-electron chi connectivity index (χ2n) is 8.55. The van der Waals surface area contributed by atoms with Crippen molar-refractivity contribution in [1.82, 2.24) is 10.6 Å². The van der Waals surface area contributed by atoms with Crippen LogP contribution < -0.4 is 10.6 Å². The van der Waals surface area contributed by atoms with Gasteiger partial charge in [0, 0.05) is 17.5 Å². The Morgan fingerprint density at radius 1 is 0.739 bits per heavy atom. The molecule has 0 radical (unpaired) electrons. The van der Waals surface area contributed by atoms with Gasteiger partial charge in [0.1, 0.15) is 0 Å². The first-order valence-corrected chi connectivity index (χ1v) is 10.8. The predicted molar refractivity (Wildman–Crippen MR) is 101 cm³/mol. The quantitative estimate of drug-likeness (QED) is 0.559. The van der Waals surface area contributed by atoms with Crippen molar-refractivity contribution in [3.8, 4) is 0 Å². The van der Waals surface area contributed by atoms with Crippen LogP contribution in [0.25, 0.3) is 0 Å². The van der Waals surface area contributed by atoms with E-state index in [2.05, 4.69) is 10.6 Å². The molecule has 1 aliphatic heterocycles. The maximum atomic E-state index is 6.80. The van der Waals surface area contributed by atoms with Crippen LogP contribution in [-0.4, -0.2) is 22.6 Å². The van der Waals surface area contributed by atoms with Crippen molar-refractivity contribution in [2.45, 2.75) is 88.1 Å². The molecule has 4 unspecified atom stereocenters. The first kappa shape index (κ1) is 16.4. The lowest BCUT2D eigenvalue weighted by Crippen LogP contribution is -2.47. The predicted octanol–water partition coefficient (Wildman–Crippen LogP) is 4.61. The van der Waals surface area contributed by atoms with Gasteiger partial charge in [-0.05, 0) is 74.4 Å². The van der Waals surface area contributed by atoms with Gasteiger partial charge in [0.05, 0.1) is 0 Å². The van der Waals surface area contributed by atoms with Crippen LogP contribution in [0.4, 0.5) is 0 Å². The molecule has 0 bridgehead atoms. The Kier molecular flexibility index (Phi) is 5.06. The molecule has 3 aliphatic carbocycles. The van der Waals surface area contributed by atoms with Gasteiger partial charge < -0.3 is 10.6 Å². The van der Waals surface area contributed by atoms with E-state index >= 15 is 0 Å². The van der Waals surface area contributed by atoms with Crippen LogP contribution in [-0.2, 0) is 0 Å². The van der Waals surface area contributed by atoms with E-state index in [0.29, 0.717) is 23.4 Å². The van der Waals surface area contributed by atoms with Crippen molar-refractivity contribution in [3.05, 3.63) is 0 Å². The zero-order valence-electron chi connectivity index (χ0n) is 14.1. The molecule has 4 rings (SSSR count). The van der Waals surface area contributed by atoms with Crippen LogP contribution in [0.2, 0.25) is 0 Å². The minimum atomic E-state index is 0.336. The molecule has 0 aromatic rings. The van der Waals surface area contributed by atoms with Gasteiger partial charge in [-0.25, -0.2) is 0 Å². The maximum absolute atomic E-state index is 6.80. The number of thiocarbonyl (C=S) groups is 1. The van der Waals surface area contributed by atoms with Crippen molar-refractivity contribution in [2.75, 3.05) is 0 Å². The van der Waals surface area contributed by atoms with Gasteiger partial charge in [-0.1, -0.05) is 32.1 Å². The van der Waals surface area contributed by atoms with Gasteiger partial charge in [-0.3, -0.25) is 0 Å². The zero-order chi connectivity index (χ0) is 15.8. The number of rotatable bonds is 2. The van der Waals surface area contributed by atoms with Crippen LogP contribution >= 0.6 is 23.8 Å². The molecule has 4 fully saturated rings. The fourth-order valence-corrected chi connectivity index (χ4v) is 6.83. The van der Waals surface area contributed by atoms with E-state index in [4.69, 9.17) is 23.8 Å². The highest BCUT2D eigenvalue weighted by Crippen LogP contribution is 2.46. The van der Waals surface area contributed by atoms with Crippen LogP contribution in [0.5, 0.6) is 0 Å². The van der Waals surface area contributed by atoms with Gasteiger partial charge >= 0.3 is 0 Å². The lowest BCUT2D eigenvalue weighted by atomic mass is 9.65. The summed E-state index contributed by atoms with van der Waals surface area (Å²) in [6.07, 6.45) is 15.5. The molecular weight excluding hydrogens is 324 g/mol. The van der Waals surface area contributed by atoms with Crippen molar-refractivity contribution >= 4 is 28.9 Å². The molecule has 1 heterocycles. The Morgan fingerprint density at radius 2 is 1.30 bits per heavy atom. The molecule has 4 heteroatoms. The average molecular weight is 355 g/mol.